The predicted octanol–water partition coefficient (Wildman–Crippen LogP) is 2.87. The highest BCUT2D eigenvalue weighted by Crippen LogP contribution is 2.27. The molecule has 29 heavy (non-hydrogen) atoms. The van der Waals surface area contributed by atoms with E-state index in [0.29, 0.717) is 35.2 Å². The van der Waals surface area contributed by atoms with E-state index >= 15 is 0 Å². The minimum atomic E-state index is -3.67. The fraction of sp³-hybridized carbons (Fsp3) is 0.350. The number of amides is 1. The number of carbonyl (C=O) groups is 1. The summed E-state index contributed by atoms with van der Waals surface area (Å²) in [5, 5.41) is 3.27. The first-order valence-electron chi connectivity index (χ1n) is 8.91. The molecule has 0 unspecified atom stereocenters. The van der Waals surface area contributed by atoms with Crippen LogP contribution >= 0.6 is 11.6 Å². The zero-order chi connectivity index (χ0) is 21.6. The van der Waals surface area contributed by atoms with Crippen LogP contribution in [0.4, 0.5) is 5.69 Å². The van der Waals surface area contributed by atoms with Crippen LogP contribution in [0.2, 0.25) is 5.02 Å². The van der Waals surface area contributed by atoms with Crippen molar-refractivity contribution in [1.29, 1.82) is 0 Å². The van der Waals surface area contributed by atoms with Gasteiger partial charge in [-0.25, -0.2) is 8.42 Å². The summed E-state index contributed by atoms with van der Waals surface area (Å²) in [6.07, 6.45) is 1.62. The molecule has 2 aromatic carbocycles. The molecule has 0 spiro atoms. The van der Waals surface area contributed by atoms with E-state index < -0.39 is 22.0 Å². The van der Waals surface area contributed by atoms with Crippen LogP contribution in [0.1, 0.15) is 12.5 Å². The topological polar surface area (TPSA) is 84.9 Å². The van der Waals surface area contributed by atoms with Crippen molar-refractivity contribution in [3.05, 3.63) is 53.1 Å². The number of carbonyl (C=O) groups excluding carboxylic acids is 1. The van der Waals surface area contributed by atoms with Gasteiger partial charge in [0.25, 0.3) is 0 Å². The number of nitrogens with one attached hydrogen (secondary N) is 1. The number of rotatable bonds is 9. The summed E-state index contributed by atoms with van der Waals surface area (Å²) in [7, 11) is -0.550. The fourth-order valence-corrected chi connectivity index (χ4v) is 4.21. The summed E-state index contributed by atoms with van der Waals surface area (Å²) >= 11 is 5.88. The van der Waals surface area contributed by atoms with E-state index in [0.717, 1.165) is 16.1 Å². The Hall–Kier alpha value is -2.45. The predicted molar refractivity (Wildman–Crippen MR) is 114 cm³/mol. The molecule has 0 heterocycles. The van der Waals surface area contributed by atoms with Crippen LogP contribution < -0.4 is 19.1 Å². The second-order valence-electron chi connectivity index (χ2n) is 6.44. The summed E-state index contributed by atoms with van der Waals surface area (Å²) in [5.74, 6) is 0.835. The Morgan fingerprint density at radius 1 is 1.10 bits per heavy atom. The normalized spacial score (nSPS) is 12.2. The molecule has 0 fully saturated rings. The Balaban J connectivity index is 2.05. The molecule has 2 rings (SSSR count). The minimum absolute atomic E-state index is 0.344. The van der Waals surface area contributed by atoms with Crippen LogP contribution in [0.5, 0.6) is 11.5 Å². The van der Waals surface area contributed by atoms with Gasteiger partial charge in [-0.05, 0) is 55.3 Å². The van der Waals surface area contributed by atoms with Gasteiger partial charge in [0.1, 0.15) is 6.04 Å². The van der Waals surface area contributed by atoms with Crippen molar-refractivity contribution < 1.29 is 22.7 Å². The van der Waals surface area contributed by atoms with Gasteiger partial charge in [0.05, 0.1) is 26.2 Å². The lowest BCUT2D eigenvalue weighted by molar-refractivity contribution is -0.121. The zero-order valence-corrected chi connectivity index (χ0v) is 18.4. The van der Waals surface area contributed by atoms with Crippen LogP contribution in [0.3, 0.4) is 0 Å². The Bertz CT molecular complexity index is 948. The van der Waals surface area contributed by atoms with E-state index in [4.69, 9.17) is 21.1 Å². The number of anilines is 1. The summed E-state index contributed by atoms with van der Waals surface area (Å²) in [6.45, 7) is 1.89. The second kappa shape index (κ2) is 9.84. The minimum Gasteiger partial charge on any atom is -0.493 e. The lowest BCUT2D eigenvalue weighted by Crippen LogP contribution is -2.48. The number of nitrogens with zero attached hydrogens (tertiary/aromatic N) is 1. The molecule has 0 saturated carbocycles. The van der Waals surface area contributed by atoms with E-state index in [2.05, 4.69) is 5.32 Å². The van der Waals surface area contributed by atoms with Crippen molar-refractivity contribution in [3.63, 3.8) is 0 Å². The highest BCUT2D eigenvalue weighted by molar-refractivity contribution is 7.92. The summed E-state index contributed by atoms with van der Waals surface area (Å²) in [4.78, 5) is 12.6. The van der Waals surface area contributed by atoms with Gasteiger partial charge in [0, 0.05) is 11.6 Å². The van der Waals surface area contributed by atoms with Crippen molar-refractivity contribution in [2.24, 2.45) is 0 Å². The van der Waals surface area contributed by atoms with Gasteiger partial charge in [0.15, 0.2) is 11.5 Å². The molecule has 2 aromatic rings. The van der Waals surface area contributed by atoms with E-state index in [1.165, 1.54) is 0 Å². The number of hydrogen-bond donors (Lipinski definition) is 1. The number of sulfonamides is 1. The third-order valence-electron chi connectivity index (χ3n) is 4.33. The van der Waals surface area contributed by atoms with Gasteiger partial charge in [-0.2, -0.15) is 0 Å². The van der Waals surface area contributed by atoms with Crippen LogP contribution in [0.15, 0.2) is 42.5 Å². The highest BCUT2D eigenvalue weighted by atomic mass is 35.5. The molecule has 1 amide bonds. The van der Waals surface area contributed by atoms with E-state index in [1.54, 1.807) is 51.5 Å². The first-order chi connectivity index (χ1) is 13.7. The Labute approximate surface area is 176 Å². The molecule has 1 N–H and O–H groups in total. The van der Waals surface area contributed by atoms with Crippen molar-refractivity contribution in [2.75, 3.05) is 31.3 Å². The highest BCUT2D eigenvalue weighted by Gasteiger charge is 2.28. The molecular formula is C20H25ClN2O5S. The molecule has 0 aromatic heterocycles. The molecule has 158 valence electrons. The fourth-order valence-electron chi connectivity index (χ4n) is 2.91. The van der Waals surface area contributed by atoms with Crippen molar-refractivity contribution in [2.45, 2.75) is 19.4 Å². The van der Waals surface area contributed by atoms with Crippen molar-refractivity contribution in [1.82, 2.24) is 5.32 Å². The third-order valence-corrected chi connectivity index (χ3v) is 5.82. The monoisotopic (exact) mass is 440 g/mol. The molecule has 0 aliphatic rings. The lowest BCUT2D eigenvalue weighted by Gasteiger charge is -2.28. The van der Waals surface area contributed by atoms with Gasteiger partial charge >= 0.3 is 0 Å². The Kier molecular flexibility index (Phi) is 7.75. The lowest BCUT2D eigenvalue weighted by atomic mass is 10.1. The number of methoxy groups -OCH3 is 2. The number of halogens is 1. The average molecular weight is 441 g/mol. The van der Waals surface area contributed by atoms with E-state index in [9.17, 15) is 13.2 Å². The van der Waals surface area contributed by atoms with Crippen LogP contribution in [0.25, 0.3) is 0 Å². The van der Waals surface area contributed by atoms with E-state index in [1.807, 2.05) is 12.1 Å². The number of ether oxygens (including phenoxy) is 2. The van der Waals surface area contributed by atoms with E-state index in [-0.39, 0.29) is 0 Å². The maximum Gasteiger partial charge on any atom is 0.243 e. The third kappa shape index (κ3) is 6.01. The average Bonchev–Trinajstić information content (AvgIpc) is 2.68. The summed E-state index contributed by atoms with van der Waals surface area (Å²) in [5.41, 5.74) is 1.33. The first kappa shape index (κ1) is 22.8. The SMILES string of the molecule is COc1ccc(CCNC(=O)[C@@H](C)N(c2ccc(Cl)cc2)S(C)(=O)=O)cc1OC. The van der Waals surface area contributed by atoms with Gasteiger partial charge in [-0.1, -0.05) is 17.7 Å². The van der Waals surface area contributed by atoms with Gasteiger partial charge in [0.2, 0.25) is 15.9 Å². The largest absolute Gasteiger partial charge is 0.493 e. The molecule has 0 aliphatic heterocycles. The molecule has 9 heteroatoms. The Morgan fingerprint density at radius 2 is 1.72 bits per heavy atom. The second-order valence-corrected chi connectivity index (χ2v) is 8.74. The first-order valence-corrected chi connectivity index (χ1v) is 11.1. The van der Waals surface area contributed by atoms with Crippen molar-refractivity contribution in [3.8, 4) is 11.5 Å². The maximum atomic E-state index is 12.6. The summed E-state index contributed by atoms with van der Waals surface area (Å²) in [6, 6.07) is 10.9. The quantitative estimate of drug-likeness (QED) is 0.648. The van der Waals surface area contributed by atoms with Gasteiger partial charge in [-0.3, -0.25) is 9.10 Å². The molecule has 1 atom stereocenters. The van der Waals surface area contributed by atoms with Gasteiger partial charge in [-0.15, -0.1) is 0 Å². The molecule has 0 saturated heterocycles. The smallest absolute Gasteiger partial charge is 0.243 e. The summed E-state index contributed by atoms with van der Waals surface area (Å²) < 4.78 is 36.1. The van der Waals surface area contributed by atoms with Crippen LogP contribution in [-0.2, 0) is 21.2 Å². The molecule has 0 aliphatic carbocycles. The molecular weight excluding hydrogens is 416 g/mol. The maximum absolute atomic E-state index is 12.6. The van der Waals surface area contributed by atoms with Crippen molar-refractivity contribution >= 4 is 33.2 Å². The molecule has 0 radical (unpaired) electrons. The zero-order valence-electron chi connectivity index (χ0n) is 16.8. The molecule has 7 nitrogen and oxygen atoms in total. The van der Waals surface area contributed by atoms with Gasteiger partial charge < -0.3 is 14.8 Å². The van der Waals surface area contributed by atoms with Crippen LogP contribution in [-0.4, -0.2) is 47.4 Å². The standard InChI is InChI=1S/C20H25ClN2O5S/c1-14(23(29(4,25)26)17-8-6-16(21)7-9-17)20(24)22-12-11-15-5-10-18(27-2)19(13-15)28-3/h5-10,13-14H,11-12H2,1-4H3,(H,22,24)/t14-/m1/s1. The van der Waals surface area contributed by atoms with Crippen LogP contribution in [0, 0.1) is 0 Å². The number of hydrogen-bond acceptors (Lipinski definition) is 5. The molecule has 0 bridgehead atoms. The Morgan fingerprint density at radius 3 is 2.28 bits per heavy atom. The number of benzene rings is 2.